The second kappa shape index (κ2) is 5.40. The van der Waals surface area contributed by atoms with E-state index in [4.69, 9.17) is 9.47 Å². The Morgan fingerprint density at radius 2 is 2.21 bits per heavy atom. The number of carbonyl (C=O) groups is 1. The van der Waals surface area contributed by atoms with Crippen LogP contribution in [0, 0.1) is 6.92 Å². The Bertz CT molecular complexity index is 604. The van der Waals surface area contributed by atoms with Crippen LogP contribution < -0.4 is 0 Å². The first-order valence-corrected chi connectivity index (χ1v) is 6.26. The third kappa shape index (κ3) is 2.61. The molecule has 0 N–H and O–H groups in total. The van der Waals surface area contributed by atoms with E-state index in [9.17, 15) is 4.79 Å². The summed E-state index contributed by atoms with van der Waals surface area (Å²) in [5, 5.41) is 0. The van der Waals surface area contributed by atoms with Gasteiger partial charge in [-0.3, -0.25) is 0 Å². The van der Waals surface area contributed by atoms with E-state index in [-0.39, 0.29) is 6.10 Å². The minimum Gasteiger partial charge on any atom is -0.461 e. The van der Waals surface area contributed by atoms with Gasteiger partial charge in [-0.15, -0.1) is 0 Å². The zero-order chi connectivity index (χ0) is 14.0. The number of hydrogen-bond acceptors (Lipinski definition) is 4. The van der Waals surface area contributed by atoms with Crippen molar-refractivity contribution in [3.63, 3.8) is 0 Å². The fourth-order valence-electron chi connectivity index (χ4n) is 2.00. The number of aromatic nitrogens is 2. The second-order valence-corrected chi connectivity index (χ2v) is 4.43. The number of methoxy groups -OCH3 is 1. The van der Waals surface area contributed by atoms with Crippen LogP contribution in [-0.2, 0) is 9.47 Å². The molecule has 2 aromatic rings. The summed E-state index contributed by atoms with van der Waals surface area (Å²) in [7, 11) is 1.65. The Kier molecular flexibility index (Phi) is 3.85. The first-order valence-electron chi connectivity index (χ1n) is 6.26. The van der Waals surface area contributed by atoms with Gasteiger partial charge in [-0.1, -0.05) is 0 Å². The predicted molar refractivity (Wildman–Crippen MR) is 71.3 cm³/mol. The van der Waals surface area contributed by atoms with Crippen molar-refractivity contribution in [3.8, 4) is 0 Å². The lowest BCUT2D eigenvalue weighted by Crippen LogP contribution is -2.04. The summed E-state index contributed by atoms with van der Waals surface area (Å²) in [6.45, 7) is 6.06. The van der Waals surface area contributed by atoms with E-state index < -0.39 is 5.97 Å². The quantitative estimate of drug-likeness (QED) is 0.794. The molecule has 5 heteroatoms. The molecular weight excluding hydrogens is 244 g/mol. The maximum Gasteiger partial charge on any atom is 0.358 e. The summed E-state index contributed by atoms with van der Waals surface area (Å²) in [4.78, 5) is 16.1. The van der Waals surface area contributed by atoms with Crippen molar-refractivity contribution in [2.24, 2.45) is 0 Å². The van der Waals surface area contributed by atoms with Gasteiger partial charge in [0.2, 0.25) is 0 Å². The number of pyridine rings is 1. The standard InChI is InChI=1S/C14H18N2O3/c1-5-19-14(17)12-8-16-7-9(2)6-11(10(3)18-4)13(16)15-12/h6-8,10H,5H2,1-4H3/t10-/m1/s1. The van der Waals surface area contributed by atoms with Gasteiger partial charge in [0.25, 0.3) is 0 Å². The van der Waals surface area contributed by atoms with Crippen LogP contribution >= 0.6 is 0 Å². The van der Waals surface area contributed by atoms with Crippen molar-refractivity contribution >= 4 is 11.6 Å². The number of esters is 1. The minimum atomic E-state index is -0.403. The Hall–Kier alpha value is -1.88. The van der Waals surface area contributed by atoms with Crippen LogP contribution in [0.5, 0.6) is 0 Å². The predicted octanol–water partition coefficient (Wildman–Crippen LogP) is 2.53. The van der Waals surface area contributed by atoms with Crippen molar-refractivity contribution < 1.29 is 14.3 Å². The lowest BCUT2D eigenvalue weighted by Gasteiger charge is -2.11. The molecule has 0 amide bonds. The van der Waals surface area contributed by atoms with Gasteiger partial charge in [-0.2, -0.15) is 0 Å². The van der Waals surface area contributed by atoms with E-state index in [0.29, 0.717) is 12.3 Å². The summed E-state index contributed by atoms with van der Waals surface area (Å²) in [5.74, 6) is -0.403. The highest BCUT2D eigenvalue weighted by molar-refractivity contribution is 5.88. The van der Waals surface area contributed by atoms with Crippen LogP contribution in [-0.4, -0.2) is 29.1 Å². The van der Waals surface area contributed by atoms with Crippen LogP contribution in [0.3, 0.4) is 0 Å². The Labute approximate surface area is 112 Å². The number of imidazole rings is 1. The van der Waals surface area contributed by atoms with Gasteiger partial charge < -0.3 is 13.9 Å². The van der Waals surface area contributed by atoms with E-state index in [0.717, 1.165) is 16.8 Å². The van der Waals surface area contributed by atoms with Crippen LogP contribution in [0.15, 0.2) is 18.5 Å². The molecule has 5 nitrogen and oxygen atoms in total. The molecule has 0 radical (unpaired) electrons. The van der Waals surface area contributed by atoms with Gasteiger partial charge in [0.15, 0.2) is 5.69 Å². The maximum absolute atomic E-state index is 11.7. The van der Waals surface area contributed by atoms with Crippen molar-refractivity contribution in [1.29, 1.82) is 0 Å². The third-order valence-corrected chi connectivity index (χ3v) is 2.99. The topological polar surface area (TPSA) is 52.8 Å². The third-order valence-electron chi connectivity index (χ3n) is 2.99. The molecule has 0 unspecified atom stereocenters. The average Bonchev–Trinajstić information content (AvgIpc) is 2.80. The lowest BCUT2D eigenvalue weighted by atomic mass is 10.1. The number of carbonyl (C=O) groups excluding carboxylic acids is 1. The van der Waals surface area contributed by atoms with Crippen LogP contribution in [0.2, 0.25) is 0 Å². The minimum absolute atomic E-state index is 0.0835. The highest BCUT2D eigenvalue weighted by Gasteiger charge is 2.16. The van der Waals surface area contributed by atoms with E-state index in [1.165, 1.54) is 0 Å². The Balaban J connectivity index is 2.55. The molecule has 0 bridgehead atoms. The highest BCUT2D eigenvalue weighted by atomic mass is 16.5. The lowest BCUT2D eigenvalue weighted by molar-refractivity contribution is 0.0520. The molecule has 102 valence electrons. The van der Waals surface area contributed by atoms with Crippen LogP contribution in [0.1, 0.15) is 41.6 Å². The molecular formula is C14H18N2O3. The van der Waals surface area contributed by atoms with Crippen LogP contribution in [0.4, 0.5) is 0 Å². The molecule has 0 aliphatic heterocycles. The molecule has 2 aromatic heterocycles. The van der Waals surface area contributed by atoms with Crippen molar-refractivity contribution in [2.45, 2.75) is 26.9 Å². The summed E-state index contributed by atoms with van der Waals surface area (Å²) in [6.07, 6.45) is 3.53. The van der Waals surface area contributed by atoms with Gasteiger partial charge in [-0.05, 0) is 32.4 Å². The molecule has 1 atom stereocenters. The first-order chi connectivity index (χ1) is 9.06. The number of ether oxygens (including phenoxy) is 2. The molecule has 0 aromatic carbocycles. The van der Waals surface area contributed by atoms with E-state index >= 15 is 0 Å². The molecule has 0 aliphatic carbocycles. The van der Waals surface area contributed by atoms with E-state index in [1.807, 2.05) is 30.5 Å². The zero-order valence-electron chi connectivity index (χ0n) is 11.6. The number of nitrogens with zero attached hydrogens (tertiary/aromatic N) is 2. The van der Waals surface area contributed by atoms with Gasteiger partial charge in [-0.25, -0.2) is 9.78 Å². The van der Waals surface area contributed by atoms with Gasteiger partial charge in [0.05, 0.1) is 12.7 Å². The Morgan fingerprint density at radius 3 is 2.84 bits per heavy atom. The Morgan fingerprint density at radius 1 is 1.47 bits per heavy atom. The normalized spacial score (nSPS) is 12.6. The molecule has 0 fully saturated rings. The molecule has 0 saturated carbocycles. The smallest absolute Gasteiger partial charge is 0.358 e. The average molecular weight is 262 g/mol. The van der Waals surface area contributed by atoms with E-state index in [2.05, 4.69) is 4.98 Å². The SMILES string of the molecule is CCOC(=O)c1cn2cc(C)cc([C@@H](C)OC)c2n1. The fourth-order valence-corrected chi connectivity index (χ4v) is 2.00. The molecule has 0 saturated heterocycles. The van der Waals surface area contributed by atoms with Crippen LogP contribution in [0.25, 0.3) is 5.65 Å². The number of rotatable bonds is 4. The number of fused-ring (bicyclic) bond motifs is 1. The highest BCUT2D eigenvalue weighted by Crippen LogP contribution is 2.22. The molecule has 0 aliphatic rings. The van der Waals surface area contributed by atoms with Gasteiger partial charge in [0.1, 0.15) is 5.65 Å². The van der Waals surface area contributed by atoms with Crippen molar-refractivity contribution in [1.82, 2.24) is 9.38 Å². The first kappa shape index (κ1) is 13.5. The van der Waals surface area contributed by atoms with E-state index in [1.54, 1.807) is 20.2 Å². The van der Waals surface area contributed by atoms with Crippen molar-refractivity contribution in [3.05, 3.63) is 35.3 Å². The van der Waals surface area contributed by atoms with Crippen molar-refractivity contribution in [2.75, 3.05) is 13.7 Å². The summed E-state index contributed by atoms with van der Waals surface area (Å²) < 4.78 is 12.2. The largest absolute Gasteiger partial charge is 0.461 e. The summed E-state index contributed by atoms with van der Waals surface area (Å²) >= 11 is 0. The molecule has 19 heavy (non-hydrogen) atoms. The van der Waals surface area contributed by atoms with Gasteiger partial charge in [0, 0.05) is 25.1 Å². The number of aryl methyl sites for hydroxylation is 1. The zero-order valence-corrected chi connectivity index (χ0v) is 11.6. The molecule has 2 rings (SSSR count). The molecule has 0 spiro atoms. The van der Waals surface area contributed by atoms with Gasteiger partial charge >= 0.3 is 5.97 Å². The summed E-state index contributed by atoms with van der Waals surface area (Å²) in [5.41, 5.74) is 3.08. The fraction of sp³-hybridized carbons (Fsp3) is 0.429. The molecule has 2 heterocycles. The maximum atomic E-state index is 11.7. The number of hydrogen-bond donors (Lipinski definition) is 0. The monoisotopic (exact) mass is 262 g/mol. The second-order valence-electron chi connectivity index (χ2n) is 4.43. The summed E-state index contributed by atoms with van der Waals surface area (Å²) in [6, 6.07) is 2.02.